The zero-order chi connectivity index (χ0) is 17.8. The minimum atomic E-state index is 0.795. The quantitative estimate of drug-likeness (QED) is 0.669. The van der Waals surface area contributed by atoms with E-state index in [-0.39, 0.29) is 0 Å². The van der Waals surface area contributed by atoms with Gasteiger partial charge in [-0.25, -0.2) is 9.67 Å². The summed E-state index contributed by atoms with van der Waals surface area (Å²) in [6.45, 7) is 5.27. The number of rotatable bonds is 6. The highest BCUT2D eigenvalue weighted by Crippen LogP contribution is 2.24. The monoisotopic (exact) mass is 369 g/mol. The maximum absolute atomic E-state index is 5.41. The molecule has 0 saturated carbocycles. The van der Waals surface area contributed by atoms with Crippen LogP contribution in [0.25, 0.3) is 5.69 Å². The fourth-order valence-electron chi connectivity index (χ4n) is 3.08. The molecule has 0 radical (unpaired) electrons. The molecule has 1 aliphatic heterocycles. The standard InChI is InChI=1S/C19H23N5OS/c1-22(14-16-3-5-17(6-4-16)24-8-2-7-21-24)15-18-13-20-19(26-18)23-9-11-25-12-10-23/h2-8,13H,9-12,14-15H2,1H3. The SMILES string of the molecule is CN(Cc1ccc(-n2cccn2)cc1)Cc1cnc(N2CCOCC2)s1. The van der Waals surface area contributed by atoms with Crippen molar-refractivity contribution >= 4 is 16.5 Å². The fraction of sp³-hybridized carbons (Fsp3) is 0.368. The lowest BCUT2D eigenvalue weighted by atomic mass is 10.2. The Morgan fingerprint density at radius 1 is 1.15 bits per heavy atom. The predicted octanol–water partition coefficient (Wildman–Crippen LogP) is 2.80. The van der Waals surface area contributed by atoms with Crippen molar-refractivity contribution in [2.24, 2.45) is 0 Å². The molecule has 26 heavy (non-hydrogen) atoms. The first-order valence-corrected chi connectivity index (χ1v) is 9.64. The molecule has 7 heteroatoms. The highest BCUT2D eigenvalue weighted by atomic mass is 32.1. The molecule has 0 bridgehead atoms. The molecule has 1 fully saturated rings. The van der Waals surface area contributed by atoms with Crippen molar-refractivity contribution in [2.45, 2.75) is 13.1 Å². The fourth-order valence-corrected chi connectivity index (χ4v) is 4.12. The number of thiazole rings is 1. The molecule has 0 unspecified atom stereocenters. The van der Waals surface area contributed by atoms with Gasteiger partial charge in [-0.05, 0) is 30.8 Å². The summed E-state index contributed by atoms with van der Waals surface area (Å²) in [5.41, 5.74) is 2.38. The van der Waals surface area contributed by atoms with Gasteiger partial charge in [0.1, 0.15) is 0 Å². The van der Waals surface area contributed by atoms with E-state index in [1.165, 1.54) is 10.4 Å². The molecule has 2 aromatic heterocycles. The highest BCUT2D eigenvalue weighted by Gasteiger charge is 2.15. The number of nitrogens with zero attached hydrogens (tertiary/aromatic N) is 5. The summed E-state index contributed by atoms with van der Waals surface area (Å²) in [7, 11) is 2.15. The Morgan fingerprint density at radius 3 is 2.69 bits per heavy atom. The molecule has 1 saturated heterocycles. The third-order valence-corrected chi connectivity index (χ3v) is 5.45. The van der Waals surface area contributed by atoms with E-state index in [4.69, 9.17) is 4.74 Å². The smallest absolute Gasteiger partial charge is 0.185 e. The van der Waals surface area contributed by atoms with Crippen LogP contribution in [0.1, 0.15) is 10.4 Å². The number of anilines is 1. The predicted molar refractivity (Wildman–Crippen MR) is 104 cm³/mol. The third kappa shape index (κ3) is 4.12. The first-order chi connectivity index (χ1) is 12.8. The molecule has 0 spiro atoms. The van der Waals surface area contributed by atoms with Crippen molar-refractivity contribution in [2.75, 3.05) is 38.3 Å². The van der Waals surface area contributed by atoms with Crippen molar-refractivity contribution in [3.05, 3.63) is 59.4 Å². The minimum absolute atomic E-state index is 0.795. The Bertz CT molecular complexity index is 809. The van der Waals surface area contributed by atoms with Crippen LogP contribution in [0.15, 0.2) is 48.9 Å². The van der Waals surface area contributed by atoms with Gasteiger partial charge in [0.2, 0.25) is 0 Å². The molecular formula is C19H23N5OS. The van der Waals surface area contributed by atoms with E-state index in [2.05, 4.69) is 51.2 Å². The van der Waals surface area contributed by atoms with Crippen LogP contribution in [-0.2, 0) is 17.8 Å². The van der Waals surface area contributed by atoms with E-state index in [9.17, 15) is 0 Å². The van der Waals surface area contributed by atoms with Gasteiger partial charge in [0, 0.05) is 49.6 Å². The van der Waals surface area contributed by atoms with Crippen molar-refractivity contribution in [3.8, 4) is 5.69 Å². The van der Waals surface area contributed by atoms with E-state index in [1.807, 2.05) is 23.1 Å². The lowest BCUT2D eigenvalue weighted by molar-refractivity contribution is 0.122. The second kappa shape index (κ2) is 7.99. The Kier molecular flexibility index (Phi) is 5.29. The third-order valence-electron chi connectivity index (χ3n) is 4.41. The van der Waals surface area contributed by atoms with Crippen LogP contribution in [0.4, 0.5) is 5.13 Å². The number of hydrogen-bond acceptors (Lipinski definition) is 6. The van der Waals surface area contributed by atoms with Gasteiger partial charge < -0.3 is 9.64 Å². The topological polar surface area (TPSA) is 46.4 Å². The van der Waals surface area contributed by atoms with Crippen molar-refractivity contribution < 1.29 is 4.74 Å². The molecule has 1 aromatic carbocycles. The average Bonchev–Trinajstić information content (AvgIpc) is 3.35. The molecular weight excluding hydrogens is 346 g/mol. The molecule has 0 atom stereocenters. The molecule has 6 nitrogen and oxygen atoms in total. The normalized spacial score (nSPS) is 14.9. The van der Waals surface area contributed by atoms with Gasteiger partial charge in [-0.2, -0.15) is 5.10 Å². The zero-order valence-corrected chi connectivity index (χ0v) is 15.7. The maximum atomic E-state index is 5.41. The van der Waals surface area contributed by atoms with Crippen molar-refractivity contribution in [1.82, 2.24) is 19.7 Å². The second-order valence-corrected chi connectivity index (χ2v) is 7.59. The summed E-state index contributed by atoms with van der Waals surface area (Å²) in [5, 5.41) is 5.37. The van der Waals surface area contributed by atoms with Gasteiger partial charge in [-0.15, -0.1) is 11.3 Å². The molecule has 0 aliphatic carbocycles. The molecule has 3 aromatic rings. The van der Waals surface area contributed by atoms with Crippen LogP contribution in [0.3, 0.4) is 0 Å². The zero-order valence-electron chi connectivity index (χ0n) is 14.9. The van der Waals surface area contributed by atoms with Gasteiger partial charge in [0.25, 0.3) is 0 Å². The first-order valence-electron chi connectivity index (χ1n) is 8.83. The first kappa shape index (κ1) is 17.2. The molecule has 3 heterocycles. The van der Waals surface area contributed by atoms with E-state index < -0.39 is 0 Å². The van der Waals surface area contributed by atoms with E-state index >= 15 is 0 Å². The average molecular weight is 369 g/mol. The molecule has 4 rings (SSSR count). The summed E-state index contributed by atoms with van der Waals surface area (Å²) in [6, 6.07) is 10.5. The number of ether oxygens (including phenoxy) is 1. The lowest BCUT2D eigenvalue weighted by Crippen LogP contribution is -2.36. The van der Waals surface area contributed by atoms with Gasteiger partial charge in [-0.3, -0.25) is 4.90 Å². The largest absolute Gasteiger partial charge is 0.378 e. The summed E-state index contributed by atoms with van der Waals surface area (Å²) >= 11 is 1.78. The number of hydrogen-bond donors (Lipinski definition) is 0. The Labute approximate surface area is 157 Å². The lowest BCUT2D eigenvalue weighted by Gasteiger charge is -2.26. The highest BCUT2D eigenvalue weighted by molar-refractivity contribution is 7.15. The van der Waals surface area contributed by atoms with Crippen LogP contribution in [0.2, 0.25) is 0 Å². The summed E-state index contributed by atoms with van der Waals surface area (Å²) in [5.74, 6) is 0. The van der Waals surface area contributed by atoms with Crippen LogP contribution >= 0.6 is 11.3 Å². The van der Waals surface area contributed by atoms with Gasteiger partial charge >= 0.3 is 0 Å². The van der Waals surface area contributed by atoms with E-state index in [0.29, 0.717) is 0 Å². The molecule has 136 valence electrons. The second-order valence-electron chi connectivity index (χ2n) is 6.50. The van der Waals surface area contributed by atoms with Crippen molar-refractivity contribution in [3.63, 3.8) is 0 Å². The summed E-state index contributed by atoms with van der Waals surface area (Å²) in [6.07, 6.45) is 5.76. The van der Waals surface area contributed by atoms with Crippen LogP contribution in [0, 0.1) is 0 Å². The Hall–Kier alpha value is -2.22. The van der Waals surface area contributed by atoms with Crippen LogP contribution < -0.4 is 4.90 Å². The van der Waals surface area contributed by atoms with Crippen molar-refractivity contribution in [1.29, 1.82) is 0 Å². The number of aromatic nitrogens is 3. The van der Waals surface area contributed by atoms with Crippen LogP contribution in [-0.4, -0.2) is 53.0 Å². The number of morpholine rings is 1. The van der Waals surface area contributed by atoms with Gasteiger partial charge in [-0.1, -0.05) is 12.1 Å². The summed E-state index contributed by atoms with van der Waals surface area (Å²) < 4.78 is 7.29. The van der Waals surface area contributed by atoms with Gasteiger partial charge in [0.05, 0.1) is 18.9 Å². The maximum Gasteiger partial charge on any atom is 0.185 e. The summed E-state index contributed by atoms with van der Waals surface area (Å²) in [4.78, 5) is 10.5. The van der Waals surface area contributed by atoms with Crippen LogP contribution in [0.5, 0.6) is 0 Å². The molecule has 1 aliphatic rings. The van der Waals surface area contributed by atoms with E-state index in [0.717, 1.165) is 50.2 Å². The van der Waals surface area contributed by atoms with E-state index in [1.54, 1.807) is 17.5 Å². The molecule has 0 N–H and O–H groups in total. The van der Waals surface area contributed by atoms with Gasteiger partial charge in [0.15, 0.2) is 5.13 Å². The minimum Gasteiger partial charge on any atom is -0.378 e. The molecule has 0 amide bonds. The Balaban J connectivity index is 1.33. The number of benzene rings is 1. The Morgan fingerprint density at radius 2 is 1.96 bits per heavy atom.